The Labute approximate surface area is 115 Å². The summed E-state index contributed by atoms with van der Waals surface area (Å²) in [5.74, 6) is -1.58. The van der Waals surface area contributed by atoms with Crippen molar-refractivity contribution in [1.29, 1.82) is 0 Å². The Morgan fingerprint density at radius 3 is 2.89 bits per heavy atom. The van der Waals surface area contributed by atoms with Crippen LogP contribution < -0.4 is 5.73 Å². The summed E-state index contributed by atoms with van der Waals surface area (Å²) in [6.07, 6.45) is 3.80. The molecule has 0 spiro atoms. The summed E-state index contributed by atoms with van der Waals surface area (Å²) in [6, 6.07) is 6.12. The fraction of sp³-hybridized carbons (Fsp3) is 0.333. The maximum Gasteiger partial charge on any atom is 0.162 e. The second-order valence-corrected chi connectivity index (χ2v) is 6.14. The molecule has 2 N–H and O–H groups in total. The Morgan fingerprint density at radius 1 is 1.26 bits per heavy atom. The standard InChI is InChI=1S/C15H15F2NS/c16-11-5-1-4-10(15(11)17)7-12(18)14-8-9-3-2-6-13(9)19-14/h1,4-5,8,12H,2-3,6-7,18H2. The largest absolute Gasteiger partial charge is 0.323 e. The molecular formula is C15H15F2NS. The molecule has 1 aromatic heterocycles. The summed E-state index contributed by atoms with van der Waals surface area (Å²) in [6.45, 7) is 0. The number of halogens is 2. The van der Waals surface area contributed by atoms with Gasteiger partial charge in [0.15, 0.2) is 11.6 Å². The third-order valence-electron chi connectivity index (χ3n) is 3.60. The van der Waals surface area contributed by atoms with Crippen LogP contribution in [-0.2, 0) is 19.3 Å². The molecule has 0 amide bonds. The van der Waals surface area contributed by atoms with Crippen molar-refractivity contribution < 1.29 is 8.78 Å². The minimum absolute atomic E-state index is 0.257. The van der Waals surface area contributed by atoms with E-state index in [0.717, 1.165) is 23.8 Å². The number of hydrogen-bond donors (Lipinski definition) is 1. The first-order valence-electron chi connectivity index (χ1n) is 6.45. The summed E-state index contributed by atoms with van der Waals surface area (Å²) in [7, 11) is 0. The molecule has 0 saturated heterocycles. The lowest BCUT2D eigenvalue weighted by Gasteiger charge is -2.10. The molecule has 1 aliphatic rings. The van der Waals surface area contributed by atoms with Gasteiger partial charge in [-0.1, -0.05) is 12.1 Å². The van der Waals surface area contributed by atoms with Crippen LogP contribution in [0.25, 0.3) is 0 Å². The summed E-state index contributed by atoms with van der Waals surface area (Å²) in [5, 5.41) is 0. The summed E-state index contributed by atoms with van der Waals surface area (Å²) >= 11 is 1.72. The van der Waals surface area contributed by atoms with Crippen LogP contribution in [0, 0.1) is 11.6 Å². The van der Waals surface area contributed by atoms with E-state index in [1.165, 1.54) is 22.9 Å². The fourth-order valence-electron chi connectivity index (χ4n) is 2.58. The molecule has 2 aromatic rings. The molecule has 1 atom stereocenters. The zero-order valence-corrected chi connectivity index (χ0v) is 11.3. The van der Waals surface area contributed by atoms with E-state index in [-0.39, 0.29) is 6.04 Å². The summed E-state index contributed by atoms with van der Waals surface area (Å²) < 4.78 is 26.8. The van der Waals surface area contributed by atoms with Gasteiger partial charge in [-0.2, -0.15) is 0 Å². The maximum atomic E-state index is 13.6. The molecule has 19 heavy (non-hydrogen) atoms. The van der Waals surface area contributed by atoms with Crippen LogP contribution in [-0.4, -0.2) is 0 Å². The van der Waals surface area contributed by atoms with E-state index in [0.29, 0.717) is 12.0 Å². The first-order valence-corrected chi connectivity index (χ1v) is 7.26. The zero-order valence-electron chi connectivity index (χ0n) is 10.5. The van der Waals surface area contributed by atoms with Crippen LogP contribution in [0.15, 0.2) is 24.3 Å². The highest BCUT2D eigenvalue weighted by Crippen LogP contribution is 2.34. The fourth-order valence-corrected chi connectivity index (χ4v) is 3.84. The van der Waals surface area contributed by atoms with E-state index in [1.807, 2.05) is 0 Å². The van der Waals surface area contributed by atoms with Gasteiger partial charge in [0.25, 0.3) is 0 Å². The van der Waals surface area contributed by atoms with Gasteiger partial charge >= 0.3 is 0 Å². The molecule has 1 aromatic carbocycles. The molecule has 100 valence electrons. The van der Waals surface area contributed by atoms with Crippen molar-refractivity contribution in [3.63, 3.8) is 0 Å². The number of benzene rings is 1. The number of hydrogen-bond acceptors (Lipinski definition) is 2. The predicted molar refractivity (Wildman–Crippen MR) is 73.3 cm³/mol. The first kappa shape index (κ1) is 12.8. The number of thiophene rings is 1. The van der Waals surface area contributed by atoms with Crippen LogP contribution in [0.5, 0.6) is 0 Å². The van der Waals surface area contributed by atoms with Crippen LogP contribution in [0.2, 0.25) is 0 Å². The highest BCUT2D eigenvalue weighted by Gasteiger charge is 2.19. The smallest absolute Gasteiger partial charge is 0.162 e. The van der Waals surface area contributed by atoms with E-state index in [4.69, 9.17) is 5.73 Å². The predicted octanol–water partition coefficient (Wildman–Crippen LogP) is 3.76. The van der Waals surface area contributed by atoms with E-state index in [2.05, 4.69) is 6.07 Å². The molecule has 4 heteroatoms. The van der Waals surface area contributed by atoms with Gasteiger partial charge in [0.2, 0.25) is 0 Å². The zero-order chi connectivity index (χ0) is 13.4. The molecule has 0 saturated carbocycles. The lowest BCUT2D eigenvalue weighted by Crippen LogP contribution is -2.13. The highest BCUT2D eigenvalue weighted by molar-refractivity contribution is 7.12. The Morgan fingerprint density at radius 2 is 2.11 bits per heavy atom. The van der Waals surface area contributed by atoms with E-state index in [9.17, 15) is 8.78 Å². The lowest BCUT2D eigenvalue weighted by molar-refractivity contribution is 0.494. The lowest BCUT2D eigenvalue weighted by atomic mass is 10.0. The van der Waals surface area contributed by atoms with Gasteiger partial charge in [0.05, 0.1) is 0 Å². The van der Waals surface area contributed by atoms with E-state index >= 15 is 0 Å². The van der Waals surface area contributed by atoms with Crippen molar-refractivity contribution >= 4 is 11.3 Å². The Balaban J connectivity index is 1.80. The van der Waals surface area contributed by atoms with Gasteiger partial charge in [0.1, 0.15) is 0 Å². The quantitative estimate of drug-likeness (QED) is 0.909. The topological polar surface area (TPSA) is 26.0 Å². The van der Waals surface area contributed by atoms with Crippen molar-refractivity contribution in [2.75, 3.05) is 0 Å². The molecule has 0 bridgehead atoms. The van der Waals surface area contributed by atoms with Crippen LogP contribution >= 0.6 is 11.3 Å². The van der Waals surface area contributed by atoms with Crippen molar-refractivity contribution in [2.24, 2.45) is 5.73 Å². The van der Waals surface area contributed by atoms with Crippen molar-refractivity contribution in [3.05, 3.63) is 56.8 Å². The third kappa shape index (κ3) is 2.42. The number of nitrogens with two attached hydrogens (primary N) is 1. The molecule has 0 aliphatic heterocycles. The van der Waals surface area contributed by atoms with Crippen molar-refractivity contribution in [3.8, 4) is 0 Å². The normalized spacial score (nSPS) is 15.5. The summed E-state index contributed by atoms with van der Waals surface area (Å²) in [5.41, 5.74) is 7.86. The number of aryl methyl sites for hydroxylation is 2. The van der Waals surface area contributed by atoms with E-state index < -0.39 is 11.6 Å². The monoisotopic (exact) mass is 279 g/mol. The van der Waals surface area contributed by atoms with E-state index in [1.54, 1.807) is 17.4 Å². The number of rotatable bonds is 3. The minimum atomic E-state index is -0.807. The summed E-state index contributed by atoms with van der Waals surface area (Å²) in [4.78, 5) is 2.48. The van der Waals surface area contributed by atoms with Crippen LogP contribution in [0.3, 0.4) is 0 Å². The molecule has 1 aliphatic carbocycles. The SMILES string of the molecule is NC(Cc1cccc(F)c1F)c1cc2c(s1)CCC2. The molecular weight excluding hydrogens is 264 g/mol. The molecule has 1 heterocycles. The van der Waals surface area contributed by atoms with Crippen LogP contribution in [0.1, 0.15) is 33.3 Å². The van der Waals surface area contributed by atoms with Gasteiger partial charge in [0, 0.05) is 15.8 Å². The first-order chi connectivity index (χ1) is 9.15. The molecule has 0 fully saturated rings. The second-order valence-electron chi connectivity index (χ2n) is 4.97. The second kappa shape index (κ2) is 5.02. The van der Waals surface area contributed by atoms with Gasteiger partial charge in [-0.05, 0) is 48.9 Å². The van der Waals surface area contributed by atoms with Gasteiger partial charge in [-0.3, -0.25) is 0 Å². The average molecular weight is 279 g/mol. The Kier molecular flexibility index (Phi) is 3.37. The Bertz CT molecular complexity index is 585. The maximum absolute atomic E-state index is 13.6. The van der Waals surface area contributed by atoms with Crippen LogP contribution in [0.4, 0.5) is 8.78 Å². The van der Waals surface area contributed by atoms with Gasteiger partial charge in [-0.15, -0.1) is 11.3 Å². The van der Waals surface area contributed by atoms with Gasteiger partial charge < -0.3 is 5.73 Å². The average Bonchev–Trinajstić information content (AvgIpc) is 2.95. The van der Waals surface area contributed by atoms with Crippen molar-refractivity contribution in [2.45, 2.75) is 31.7 Å². The molecule has 1 unspecified atom stereocenters. The highest BCUT2D eigenvalue weighted by atomic mass is 32.1. The molecule has 1 nitrogen and oxygen atoms in total. The van der Waals surface area contributed by atoms with Crippen molar-refractivity contribution in [1.82, 2.24) is 0 Å². The number of fused-ring (bicyclic) bond motifs is 1. The molecule has 3 rings (SSSR count). The molecule has 0 radical (unpaired) electrons. The minimum Gasteiger partial charge on any atom is -0.323 e. The third-order valence-corrected chi connectivity index (χ3v) is 4.97. The Hall–Kier alpha value is -1.26. The van der Waals surface area contributed by atoms with Gasteiger partial charge in [-0.25, -0.2) is 8.78 Å².